The van der Waals surface area contributed by atoms with Gasteiger partial charge in [0.05, 0.1) is 16.2 Å². The van der Waals surface area contributed by atoms with E-state index in [-0.39, 0.29) is 12.3 Å². The van der Waals surface area contributed by atoms with E-state index in [9.17, 15) is 0 Å². The Morgan fingerprint density at radius 1 is 1.00 bits per heavy atom. The van der Waals surface area contributed by atoms with Gasteiger partial charge in [0.1, 0.15) is 5.75 Å². The van der Waals surface area contributed by atoms with Crippen LogP contribution in [0.1, 0.15) is 35.4 Å². The molecule has 2 heterocycles. The molecular weight excluding hydrogens is 504 g/mol. The van der Waals surface area contributed by atoms with E-state index in [1.54, 1.807) is 0 Å². The monoisotopic (exact) mass is 516 g/mol. The Hall–Kier alpha value is -1.82. The first-order valence-electron chi connectivity index (χ1n) is 8.92. The summed E-state index contributed by atoms with van der Waals surface area (Å²) >= 11 is 13.4. The molecule has 2 aliphatic rings. The highest BCUT2D eigenvalue weighted by atomic mass is 79.9. The number of hydrogen-bond donors (Lipinski definition) is 0. The summed E-state index contributed by atoms with van der Waals surface area (Å²) in [7, 11) is 0. The van der Waals surface area contributed by atoms with Crippen molar-refractivity contribution in [1.29, 1.82) is 0 Å². The maximum absolute atomic E-state index is 6.45. The maximum Gasteiger partial charge on any atom is 0.213 e. The summed E-state index contributed by atoms with van der Waals surface area (Å²) in [5.74, 6) is 0.869. The molecule has 0 amide bonds. The molecule has 0 aliphatic carbocycles. The van der Waals surface area contributed by atoms with E-state index >= 15 is 0 Å². The normalized spacial score (nSPS) is 20.2. The molecule has 0 fully saturated rings. The van der Waals surface area contributed by atoms with Gasteiger partial charge in [0.2, 0.25) is 6.23 Å². The summed E-state index contributed by atoms with van der Waals surface area (Å²) < 4.78 is 8.40. The number of halogens is 3. The summed E-state index contributed by atoms with van der Waals surface area (Å²) in [6.45, 7) is 0. The van der Waals surface area contributed by atoms with Gasteiger partial charge in [-0.2, -0.15) is 5.10 Å². The van der Waals surface area contributed by atoms with Gasteiger partial charge in [-0.05, 0) is 45.8 Å². The van der Waals surface area contributed by atoms with E-state index in [4.69, 9.17) is 21.4 Å². The van der Waals surface area contributed by atoms with Crippen LogP contribution >= 0.6 is 43.5 Å². The van der Waals surface area contributed by atoms with Gasteiger partial charge in [-0.3, -0.25) is 0 Å². The Morgan fingerprint density at radius 3 is 2.50 bits per heavy atom. The van der Waals surface area contributed by atoms with E-state index in [1.165, 1.54) is 0 Å². The molecule has 0 saturated heterocycles. The van der Waals surface area contributed by atoms with Crippen molar-refractivity contribution in [3.8, 4) is 5.75 Å². The maximum atomic E-state index is 6.45. The number of ether oxygens (including phenoxy) is 1. The first-order chi connectivity index (χ1) is 13.6. The molecule has 6 heteroatoms. The van der Waals surface area contributed by atoms with Gasteiger partial charge in [-0.25, -0.2) is 5.01 Å². The largest absolute Gasteiger partial charge is 0.463 e. The molecule has 140 valence electrons. The molecule has 3 nitrogen and oxygen atoms in total. The van der Waals surface area contributed by atoms with Crippen molar-refractivity contribution < 1.29 is 4.74 Å². The third kappa shape index (κ3) is 3.15. The van der Waals surface area contributed by atoms with Crippen LogP contribution in [0.5, 0.6) is 5.75 Å². The molecule has 2 atom stereocenters. The van der Waals surface area contributed by atoms with Crippen molar-refractivity contribution >= 4 is 49.2 Å². The van der Waals surface area contributed by atoms with Gasteiger partial charge < -0.3 is 4.74 Å². The van der Waals surface area contributed by atoms with Crippen molar-refractivity contribution in [2.24, 2.45) is 5.10 Å². The number of rotatable bonds is 2. The summed E-state index contributed by atoms with van der Waals surface area (Å²) in [4.78, 5) is 0. The van der Waals surface area contributed by atoms with E-state index in [2.05, 4.69) is 55.1 Å². The van der Waals surface area contributed by atoms with Gasteiger partial charge in [0.25, 0.3) is 0 Å². The van der Waals surface area contributed by atoms with Crippen LogP contribution in [0.3, 0.4) is 0 Å². The molecule has 3 aromatic rings. The highest BCUT2D eigenvalue weighted by molar-refractivity contribution is 9.11. The van der Waals surface area contributed by atoms with Crippen LogP contribution in [0.2, 0.25) is 5.02 Å². The predicted molar refractivity (Wildman–Crippen MR) is 119 cm³/mol. The summed E-state index contributed by atoms with van der Waals surface area (Å²) in [6.07, 6.45) is 0.515. The second-order valence-electron chi connectivity index (χ2n) is 6.84. The lowest BCUT2D eigenvalue weighted by Gasteiger charge is -2.38. The lowest BCUT2D eigenvalue weighted by molar-refractivity contribution is -0.0197. The van der Waals surface area contributed by atoms with Crippen molar-refractivity contribution in [3.05, 3.63) is 97.4 Å². The fourth-order valence-electron chi connectivity index (χ4n) is 3.77. The minimum Gasteiger partial charge on any atom is -0.463 e. The van der Waals surface area contributed by atoms with Gasteiger partial charge in [-0.15, -0.1) is 0 Å². The summed E-state index contributed by atoms with van der Waals surface area (Å²) in [5.41, 5.74) is 4.36. The Balaban J connectivity index is 1.63. The third-order valence-corrected chi connectivity index (χ3v) is 6.37. The molecule has 28 heavy (non-hydrogen) atoms. The third-order valence-electron chi connectivity index (χ3n) is 5.07. The second-order valence-corrected chi connectivity index (χ2v) is 9.05. The molecule has 0 radical (unpaired) electrons. The van der Waals surface area contributed by atoms with Crippen molar-refractivity contribution in [2.75, 3.05) is 0 Å². The lowest BCUT2D eigenvalue weighted by atomic mass is 9.96. The predicted octanol–water partition coefficient (Wildman–Crippen LogP) is 7.11. The van der Waals surface area contributed by atoms with E-state index in [0.29, 0.717) is 5.02 Å². The zero-order chi connectivity index (χ0) is 19.3. The first-order valence-corrected chi connectivity index (χ1v) is 10.9. The highest BCUT2D eigenvalue weighted by Gasteiger charge is 2.41. The number of nitrogens with zero attached hydrogens (tertiary/aromatic N) is 2. The minimum absolute atomic E-state index is 0.105. The molecule has 5 rings (SSSR count). The van der Waals surface area contributed by atoms with E-state index < -0.39 is 0 Å². The molecular formula is C22H15Br2ClN2O. The number of hydrogen-bond acceptors (Lipinski definition) is 3. The molecule has 2 aliphatic heterocycles. The first kappa shape index (κ1) is 18.2. The van der Waals surface area contributed by atoms with Crippen LogP contribution in [0.25, 0.3) is 0 Å². The molecule has 3 aromatic carbocycles. The molecule has 0 N–H and O–H groups in total. The average Bonchev–Trinajstić information content (AvgIpc) is 3.15. The molecule has 0 unspecified atom stereocenters. The quantitative estimate of drug-likeness (QED) is 0.361. The Bertz CT molecular complexity index is 1070. The smallest absolute Gasteiger partial charge is 0.213 e. The van der Waals surface area contributed by atoms with Crippen molar-refractivity contribution in [3.63, 3.8) is 0 Å². The van der Waals surface area contributed by atoms with Crippen LogP contribution in [-0.4, -0.2) is 10.7 Å². The molecule has 0 aromatic heterocycles. The Kier molecular flexibility index (Phi) is 4.69. The zero-order valence-electron chi connectivity index (χ0n) is 14.6. The van der Waals surface area contributed by atoms with Gasteiger partial charge in [0, 0.05) is 27.0 Å². The Labute approximate surface area is 185 Å². The van der Waals surface area contributed by atoms with Crippen LogP contribution in [0.4, 0.5) is 0 Å². The van der Waals surface area contributed by atoms with Crippen LogP contribution in [0, 0.1) is 0 Å². The molecule has 0 saturated carbocycles. The number of benzene rings is 3. The van der Waals surface area contributed by atoms with Crippen molar-refractivity contribution in [1.82, 2.24) is 5.01 Å². The SMILES string of the molecule is Clc1ccc([C@@H]2Oc3c(Br)cc(Br)cc3[C@H]3CC(c4ccccc4)=NN32)cc1. The van der Waals surface area contributed by atoms with Gasteiger partial charge in [-0.1, -0.05) is 70.0 Å². The van der Waals surface area contributed by atoms with Crippen LogP contribution in [0.15, 0.2) is 80.8 Å². The lowest BCUT2D eigenvalue weighted by Crippen LogP contribution is -2.33. The second kappa shape index (κ2) is 7.21. The molecule has 0 spiro atoms. The van der Waals surface area contributed by atoms with Crippen molar-refractivity contribution in [2.45, 2.75) is 18.7 Å². The standard InChI is InChI=1S/C22H15Br2ClN2O/c23-15-10-17-20-12-19(13-4-2-1-3-5-13)26-27(20)22(28-21(17)18(24)11-15)14-6-8-16(25)9-7-14/h1-11,20,22H,12H2/t20-,22+/m1/s1. The van der Waals surface area contributed by atoms with Gasteiger partial charge >= 0.3 is 0 Å². The van der Waals surface area contributed by atoms with Crippen LogP contribution < -0.4 is 4.74 Å². The zero-order valence-corrected chi connectivity index (χ0v) is 18.6. The average molecular weight is 519 g/mol. The molecule has 0 bridgehead atoms. The topological polar surface area (TPSA) is 24.8 Å². The number of hydrazone groups is 1. The van der Waals surface area contributed by atoms with E-state index in [0.717, 1.165) is 43.5 Å². The fraction of sp³-hybridized carbons (Fsp3) is 0.136. The summed E-state index contributed by atoms with van der Waals surface area (Å²) in [6, 6.07) is 22.3. The fourth-order valence-corrected chi connectivity index (χ4v) is 5.24. The minimum atomic E-state index is -0.312. The number of fused-ring (bicyclic) bond motifs is 3. The summed E-state index contributed by atoms with van der Waals surface area (Å²) in [5, 5.41) is 7.76. The highest BCUT2D eigenvalue weighted by Crippen LogP contribution is 2.50. The van der Waals surface area contributed by atoms with Crippen LogP contribution in [-0.2, 0) is 0 Å². The van der Waals surface area contributed by atoms with Gasteiger partial charge in [0.15, 0.2) is 0 Å². The Morgan fingerprint density at radius 2 is 1.75 bits per heavy atom. The van der Waals surface area contributed by atoms with E-state index in [1.807, 2.05) is 48.5 Å².